The van der Waals surface area contributed by atoms with Crippen LogP contribution in [-0.2, 0) is 14.3 Å². The van der Waals surface area contributed by atoms with E-state index < -0.39 is 24.1 Å². The lowest BCUT2D eigenvalue weighted by Gasteiger charge is -2.19. The van der Waals surface area contributed by atoms with Gasteiger partial charge in [-0.15, -0.1) is 0 Å². The highest BCUT2D eigenvalue weighted by atomic mass is 16.6. The largest absolute Gasteiger partial charge is 0.464 e. The van der Waals surface area contributed by atoms with E-state index in [0.29, 0.717) is 5.56 Å². The van der Waals surface area contributed by atoms with Crippen molar-refractivity contribution in [3.8, 4) is 0 Å². The van der Waals surface area contributed by atoms with Gasteiger partial charge in [-0.25, -0.2) is 4.79 Å². The number of hydrogen-bond donors (Lipinski definition) is 0. The molecule has 2 heterocycles. The summed E-state index contributed by atoms with van der Waals surface area (Å²) >= 11 is 0. The molecule has 1 aliphatic heterocycles. The summed E-state index contributed by atoms with van der Waals surface area (Å²) in [6.45, 7) is 4.93. The van der Waals surface area contributed by atoms with Crippen molar-refractivity contribution in [1.29, 1.82) is 0 Å². The molecular weight excluding hydrogens is 284 g/mol. The molecule has 2 unspecified atom stereocenters. The second-order valence-electron chi connectivity index (χ2n) is 5.40. The molecule has 1 aliphatic rings. The summed E-state index contributed by atoms with van der Waals surface area (Å²) in [6, 6.07) is 3.59. The molecule has 2 aromatic rings. The molecular formula is C17H16O5. The fraction of sp³-hybridized carbons (Fsp3) is 0.294. The summed E-state index contributed by atoms with van der Waals surface area (Å²) < 4.78 is 16.0. The van der Waals surface area contributed by atoms with Crippen LogP contribution in [0.15, 0.2) is 28.9 Å². The highest BCUT2D eigenvalue weighted by Gasteiger charge is 2.26. The predicted octanol–water partition coefficient (Wildman–Crippen LogP) is 3.25. The maximum Gasteiger partial charge on any atom is 0.339 e. The highest BCUT2D eigenvalue weighted by Crippen LogP contribution is 2.28. The molecule has 0 spiro atoms. The molecule has 0 saturated carbocycles. The number of benzene rings is 1. The van der Waals surface area contributed by atoms with Crippen LogP contribution in [0.2, 0.25) is 0 Å². The predicted molar refractivity (Wildman–Crippen MR) is 80.4 cm³/mol. The van der Waals surface area contributed by atoms with Gasteiger partial charge in [-0.3, -0.25) is 4.79 Å². The summed E-state index contributed by atoms with van der Waals surface area (Å²) in [5.41, 5.74) is 2.89. The molecule has 1 aromatic carbocycles. The molecule has 0 amide bonds. The van der Waals surface area contributed by atoms with E-state index in [1.807, 2.05) is 13.0 Å². The number of carbonyl (C=O) groups excluding carboxylic acids is 2. The SMILES string of the molecule is CC(=O)OC(C)C1C=Cc2cc3occ(C)c3cc2C(=O)O1. The fourth-order valence-corrected chi connectivity index (χ4v) is 2.54. The number of carbonyl (C=O) groups is 2. The van der Waals surface area contributed by atoms with Crippen molar-refractivity contribution >= 4 is 29.0 Å². The molecule has 0 radical (unpaired) electrons. The van der Waals surface area contributed by atoms with Crippen molar-refractivity contribution in [2.24, 2.45) is 0 Å². The van der Waals surface area contributed by atoms with Crippen molar-refractivity contribution < 1.29 is 23.5 Å². The zero-order valence-corrected chi connectivity index (χ0v) is 12.6. The van der Waals surface area contributed by atoms with Gasteiger partial charge in [0.15, 0.2) is 6.10 Å². The van der Waals surface area contributed by atoms with E-state index in [9.17, 15) is 9.59 Å². The zero-order chi connectivity index (χ0) is 15.9. The molecule has 3 rings (SSSR count). The van der Waals surface area contributed by atoms with Gasteiger partial charge in [0, 0.05) is 12.3 Å². The first-order valence-electron chi connectivity index (χ1n) is 7.04. The van der Waals surface area contributed by atoms with Gasteiger partial charge in [-0.1, -0.05) is 6.08 Å². The Morgan fingerprint density at radius 3 is 2.86 bits per heavy atom. The van der Waals surface area contributed by atoms with Crippen molar-refractivity contribution in [2.45, 2.75) is 33.0 Å². The molecule has 5 nitrogen and oxygen atoms in total. The van der Waals surface area contributed by atoms with Crippen LogP contribution in [0.4, 0.5) is 0 Å². The zero-order valence-electron chi connectivity index (χ0n) is 12.6. The third-order valence-corrected chi connectivity index (χ3v) is 3.68. The molecule has 2 atom stereocenters. The maximum absolute atomic E-state index is 12.3. The molecule has 0 bridgehead atoms. The summed E-state index contributed by atoms with van der Waals surface area (Å²) in [4.78, 5) is 23.4. The Bertz CT molecular complexity index is 784. The van der Waals surface area contributed by atoms with Gasteiger partial charge in [-0.2, -0.15) is 0 Å². The molecule has 0 fully saturated rings. The van der Waals surface area contributed by atoms with E-state index in [4.69, 9.17) is 13.9 Å². The summed E-state index contributed by atoms with van der Waals surface area (Å²) in [7, 11) is 0. The highest BCUT2D eigenvalue weighted by molar-refractivity contribution is 6.00. The first kappa shape index (κ1) is 14.4. The van der Waals surface area contributed by atoms with E-state index in [-0.39, 0.29) is 0 Å². The maximum atomic E-state index is 12.3. The Morgan fingerprint density at radius 2 is 2.14 bits per heavy atom. The normalized spacial score (nSPS) is 18.5. The van der Waals surface area contributed by atoms with Gasteiger partial charge in [-0.05, 0) is 43.2 Å². The first-order chi connectivity index (χ1) is 10.5. The summed E-state index contributed by atoms with van der Waals surface area (Å²) in [5, 5.41) is 0.885. The smallest absolute Gasteiger partial charge is 0.339 e. The van der Waals surface area contributed by atoms with Gasteiger partial charge >= 0.3 is 11.9 Å². The van der Waals surface area contributed by atoms with Gasteiger partial charge in [0.05, 0.1) is 11.8 Å². The number of cyclic esters (lactones) is 1. The Morgan fingerprint density at radius 1 is 1.36 bits per heavy atom. The molecule has 1 aromatic heterocycles. The number of rotatable bonds is 2. The van der Waals surface area contributed by atoms with Gasteiger partial charge < -0.3 is 13.9 Å². The lowest BCUT2D eigenvalue weighted by atomic mass is 10.0. The molecule has 0 saturated heterocycles. The quantitative estimate of drug-likeness (QED) is 0.796. The molecule has 22 heavy (non-hydrogen) atoms. The van der Waals surface area contributed by atoms with Gasteiger partial charge in [0.2, 0.25) is 0 Å². The van der Waals surface area contributed by atoms with Gasteiger partial charge in [0.25, 0.3) is 0 Å². The molecule has 0 N–H and O–H groups in total. The van der Waals surface area contributed by atoms with Crippen molar-refractivity contribution in [2.75, 3.05) is 0 Å². The third kappa shape index (κ3) is 2.50. The van der Waals surface area contributed by atoms with Crippen LogP contribution in [-0.4, -0.2) is 24.1 Å². The first-order valence-corrected chi connectivity index (χ1v) is 7.04. The van der Waals surface area contributed by atoms with E-state index in [1.54, 1.807) is 31.4 Å². The second kappa shape index (κ2) is 5.33. The average molecular weight is 300 g/mol. The monoisotopic (exact) mass is 300 g/mol. The minimum absolute atomic E-state index is 0.410. The van der Waals surface area contributed by atoms with E-state index in [0.717, 1.165) is 22.1 Å². The Hall–Kier alpha value is -2.56. The van der Waals surface area contributed by atoms with E-state index in [1.165, 1.54) is 6.92 Å². The lowest BCUT2D eigenvalue weighted by Crippen LogP contribution is -2.30. The van der Waals surface area contributed by atoms with E-state index >= 15 is 0 Å². The van der Waals surface area contributed by atoms with Gasteiger partial charge in [0.1, 0.15) is 11.7 Å². The van der Waals surface area contributed by atoms with Crippen molar-refractivity contribution in [3.63, 3.8) is 0 Å². The van der Waals surface area contributed by atoms with Crippen LogP contribution in [0, 0.1) is 6.92 Å². The number of esters is 2. The third-order valence-electron chi connectivity index (χ3n) is 3.68. The van der Waals surface area contributed by atoms with Crippen LogP contribution in [0.5, 0.6) is 0 Å². The topological polar surface area (TPSA) is 65.7 Å². The fourth-order valence-electron chi connectivity index (χ4n) is 2.54. The van der Waals surface area contributed by atoms with Crippen molar-refractivity contribution in [3.05, 3.63) is 41.2 Å². The standard InChI is InChI=1S/C17H16O5/c1-9-8-20-16-6-12-4-5-15(10(2)21-11(3)18)22-17(19)14(12)7-13(9)16/h4-8,10,15H,1-3H3. The van der Waals surface area contributed by atoms with Crippen LogP contribution in [0.25, 0.3) is 17.0 Å². The Labute approximate surface area is 127 Å². The molecule has 0 aliphatic carbocycles. The average Bonchev–Trinajstić information content (AvgIpc) is 2.72. The number of fused-ring (bicyclic) bond motifs is 2. The lowest BCUT2D eigenvalue weighted by molar-refractivity contribution is -0.149. The van der Waals surface area contributed by atoms with Crippen LogP contribution < -0.4 is 0 Å². The van der Waals surface area contributed by atoms with Crippen LogP contribution in [0.3, 0.4) is 0 Å². The number of furan rings is 1. The Balaban J connectivity index is 1.98. The molecule has 5 heteroatoms. The minimum atomic E-state index is -0.615. The number of aryl methyl sites for hydroxylation is 1. The summed E-state index contributed by atoms with van der Waals surface area (Å²) in [6.07, 6.45) is 4.01. The number of hydrogen-bond acceptors (Lipinski definition) is 5. The Kier molecular flexibility index (Phi) is 3.48. The van der Waals surface area contributed by atoms with Crippen LogP contribution in [0.1, 0.15) is 35.3 Å². The van der Waals surface area contributed by atoms with Crippen LogP contribution >= 0.6 is 0 Å². The van der Waals surface area contributed by atoms with Crippen molar-refractivity contribution in [1.82, 2.24) is 0 Å². The summed E-state index contributed by atoms with van der Waals surface area (Å²) in [5.74, 6) is -0.849. The number of ether oxygens (including phenoxy) is 2. The van der Waals surface area contributed by atoms with E-state index in [2.05, 4.69) is 0 Å². The molecule has 114 valence electrons. The second-order valence-corrected chi connectivity index (χ2v) is 5.40. The minimum Gasteiger partial charge on any atom is -0.464 e.